The van der Waals surface area contributed by atoms with Crippen molar-refractivity contribution < 1.29 is 9.90 Å². The Hall–Kier alpha value is -0.940. The second kappa shape index (κ2) is 6.01. The Labute approximate surface area is 118 Å². The number of carbonyl (C=O) groups excluding carboxylic acids is 1. The first-order valence-corrected chi connectivity index (χ1v) is 7.82. The van der Waals surface area contributed by atoms with E-state index in [1.165, 1.54) is 4.88 Å². The molecule has 0 bridgehead atoms. The molecule has 1 heterocycles. The fourth-order valence-electron chi connectivity index (χ4n) is 2.56. The van der Waals surface area contributed by atoms with Gasteiger partial charge in [0.15, 0.2) is 0 Å². The van der Waals surface area contributed by atoms with Crippen LogP contribution in [0.15, 0.2) is 0 Å². The van der Waals surface area contributed by atoms with Gasteiger partial charge in [0.1, 0.15) is 5.60 Å². The maximum Gasteiger partial charge on any atom is 0.251 e. The maximum absolute atomic E-state index is 11.9. The first-order chi connectivity index (χ1) is 9.05. The van der Waals surface area contributed by atoms with E-state index in [4.69, 9.17) is 0 Å². The number of rotatable bonds is 5. The van der Waals surface area contributed by atoms with Gasteiger partial charge in [0.2, 0.25) is 0 Å². The highest BCUT2D eigenvalue weighted by molar-refractivity contribution is 7.11. The molecule has 2 N–H and O–H groups in total. The zero-order chi connectivity index (χ0) is 13.9. The van der Waals surface area contributed by atoms with Crippen LogP contribution in [0.3, 0.4) is 0 Å². The molecule has 1 aliphatic rings. The first kappa shape index (κ1) is 14.5. The van der Waals surface area contributed by atoms with Crippen molar-refractivity contribution in [2.75, 3.05) is 6.54 Å². The molecule has 0 aliphatic heterocycles. The van der Waals surface area contributed by atoms with E-state index < -0.39 is 5.60 Å². The number of aromatic nitrogens is 1. The minimum atomic E-state index is -1.12. The summed E-state index contributed by atoms with van der Waals surface area (Å²) in [5, 5.41) is 14.0. The average molecular weight is 282 g/mol. The molecule has 4 nitrogen and oxygen atoms in total. The molecular formula is C14H22N2O2S. The molecule has 0 aromatic carbocycles. The molecular weight excluding hydrogens is 260 g/mol. The second-order valence-corrected chi connectivity index (χ2v) is 6.50. The van der Waals surface area contributed by atoms with Crippen LogP contribution < -0.4 is 5.32 Å². The lowest BCUT2D eigenvalue weighted by Crippen LogP contribution is -2.45. The molecule has 0 atom stereocenters. The number of nitrogens with one attached hydrogen (secondary N) is 1. The van der Waals surface area contributed by atoms with Crippen LogP contribution in [0.25, 0.3) is 0 Å². The Kier molecular flexibility index (Phi) is 4.58. The van der Waals surface area contributed by atoms with E-state index in [2.05, 4.69) is 24.1 Å². The molecule has 5 heteroatoms. The molecule has 1 fully saturated rings. The predicted molar refractivity (Wildman–Crippen MR) is 76.4 cm³/mol. The van der Waals surface area contributed by atoms with Gasteiger partial charge in [-0.2, -0.15) is 0 Å². The lowest BCUT2D eigenvalue weighted by molar-refractivity contribution is -0.139. The van der Waals surface area contributed by atoms with Crippen LogP contribution in [0.1, 0.15) is 48.2 Å². The van der Waals surface area contributed by atoms with Gasteiger partial charge < -0.3 is 10.4 Å². The molecule has 1 saturated carbocycles. The normalized spacial score (nSPS) is 17.6. The van der Waals surface area contributed by atoms with E-state index in [1.807, 2.05) is 0 Å². The molecule has 0 saturated heterocycles. The zero-order valence-corrected chi connectivity index (χ0v) is 12.5. The highest BCUT2D eigenvalue weighted by Crippen LogP contribution is 2.29. The van der Waals surface area contributed by atoms with E-state index in [0.717, 1.165) is 36.4 Å². The van der Waals surface area contributed by atoms with E-state index in [0.29, 0.717) is 19.4 Å². The highest BCUT2D eigenvalue weighted by atomic mass is 32.1. The Morgan fingerprint density at radius 1 is 1.47 bits per heavy atom. The van der Waals surface area contributed by atoms with Gasteiger partial charge in [0.05, 0.1) is 10.7 Å². The molecule has 0 radical (unpaired) electrons. The van der Waals surface area contributed by atoms with E-state index in [-0.39, 0.29) is 5.91 Å². The van der Waals surface area contributed by atoms with E-state index in [1.54, 1.807) is 11.3 Å². The third-order valence-electron chi connectivity index (χ3n) is 3.75. The van der Waals surface area contributed by atoms with Gasteiger partial charge in [0, 0.05) is 17.8 Å². The quantitative estimate of drug-likeness (QED) is 0.868. The monoisotopic (exact) mass is 282 g/mol. The third-order valence-corrected chi connectivity index (χ3v) is 4.82. The summed E-state index contributed by atoms with van der Waals surface area (Å²) >= 11 is 1.70. The van der Waals surface area contributed by atoms with Crippen molar-refractivity contribution in [1.82, 2.24) is 10.3 Å². The van der Waals surface area contributed by atoms with Crippen molar-refractivity contribution in [3.8, 4) is 0 Å². The number of aliphatic hydroxyl groups is 1. The molecule has 1 aromatic heterocycles. The van der Waals surface area contributed by atoms with Crippen molar-refractivity contribution >= 4 is 17.2 Å². The number of hydrogen-bond acceptors (Lipinski definition) is 4. The summed E-state index contributed by atoms with van der Waals surface area (Å²) in [5.41, 5.74) is 0.0358. The van der Waals surface area contributed by atoms with Crippen molar-refractivity contribution in [2.45, 2.75) is 58.0 Å². The molecule has 0 spiro atoms. The van der Waals surface area contributed by atoms with Crippen LogP contribution in [0.4, 0.5) is 0 Å². The van der Waals surface area contributed by atoms with Crippen molar-refractivity contribution in [1.29, 1.82) is 0 Å². The van der Waals surface area contributed by atoms with Gasteiger partial charge in [-0.1, -0.05) is 6.92 Å². The Morgan fingerprint density at radius 2 is 2.16 bits per heavy atom. The topological polar surface area (TPSA) is 62.2 Å². The smallest absolute Gasteiger partial charge is 0.251 e. The highest BCUT2D eigenvalue weighted by Gasteiger charge is 2.38. The van der Waals surface area contributed by atoms with E-state index in [9.17, 15) is 9.90 Å². The summed E-state index contributed by atoms with van der Waals surface area (Å²) in [5.74, 6) is -0.214. The van der Waals surface area contributed by atoms with Crippen molar-refractivity contribution in [2.24, 2.45) is 0 Å². The molecule has 19 heavy (non-hydrogen) atoms. The third kappa shape index (κ3) is 3.34. The Bertz CT molecular complexity index is 450. The minimum Gasteiger partial charge on any atom is -0.380 e. The van der Waals surface area contributed by atoms with Crippen molar-refractivity contribution in [3.63, 3.8) is 0 Å². The van der Waals surface area contributed by atoms with Gasteiger partial charge in [0.25, 0.3) is 5.91 Å². The average Bonchev–Trinajstić information content (AvgIpc) is 2.96. The fourth-order valence-corrected chi connectivity index (χ4v) is 3.58. The standard InChI is InChI=1S/C14H22N2O2S/c1-3-11-10(2)19-12(16-11)6-9-15-13(17)14(18)7-4-5-8-14/h18H,3-9H2,1-2H3,(H,15,17). The lowest BCUT2D eigenvalue weighted by atomic mass is 10.0. The van der Waals surface area contributed by atoms with Gasteiger partial charge in [-0.05, 0) is 39.0 Å². The molecule has 1 amide bonds. The van der Waals surface area contributed by atoms with Crippen LogP contribution >= 0.6 is 11.3 Å². The largest absolute Gasteiger partial charge is 0.380 e. The number of nitrogens with zero attached hydrogens (tertiary/aromatic N) is 1. The zero-order valence-electron chi connectivity index (χ0n) is 11.7. The second-order valence-electron chi connectivity index (χ2n) is 5.21. The predicted octanol–water partition coefficient (Wildman–Crippen LogP) is 1.98. The van der Waals surface area contributed by atoms with Crippen LogP contribution in [0, 0.1) is 6.92 Å². The van der Waals surface area contributed by atoms with Crippen LogP contribution in [0.2, 0.25) is 0 Å². The Morgan fingerprint density at radius 3 is 2.74 bits per heavy atom. The summed E-state index contributed by atoms with van der Waals surface area (Å²) in [6, 6.07) is 0. The summed E-state index contributed by atoms with van der Waals surface area (Å²) in [6.45, 7) is 4.74. The summed E-state index contributed by atoms with van der Waals surface area (Å²) < 4.78 is 0. The molecule has 0 unspecified atom stereocenters. The number of amides is 1. The summed E-state index contributed by atoms with van der Waals surface area (Å²) in [6.07, 6.45) is 4.76. The minimum absolute atomic E-state index is 0.214. The van der Waals surface area contributed by atoms with E-state index >= 15 is 0 Å². The summed E-state index contributed by atoms with van der Waals surface area (Å²) in [7, 11) is 0. The number of aryl methyl sites for hydroxylation is 2. The number of thiazole rings is 1. The molecule has 2 rings (SSSR count). The van der Waals surface area contributed by atoms with Gasteiger partial charge in [-0.15, -0.1) is 11.3 Å². The molecule has 1 aliphatic carbocycles. The first-order valence-electron chi connectivity index (χ1n) is 7.01. The van der Waals surface area contributed by atoms with Crippen LogP contribution in [0.5, 0.6) is 0 Å². The molecule has 106 valence electrons. The lowest BCUT2D eigenvalue weighted by Gasteiger charge is -2.20. The van der Waals surface area contributed by atoms with Gasteiger partial charge >= 0.3 is 0 Å². The van der Waals surface area contributed by atoms with Gasteiger partial charge in [-0.25, -0.2) is 4.98 Å². The SMILES string of the molecule is CCc1nc(CCNC(=O)C2(O)CCCC2)sc1C. The molecule has 1 aromatic rings. The van der Waals surface area contributed by atoms with Crippen LogP contribution in [-0.2, 0) is 17.6 Å². The summed E-state index contributed by atoms with van der Waals surface area (Å²) in [4.78, 5) is 17.7. The Balaban J connectivity index is 1.81. The van der Waals surface area contributed by atoms with Gasteiger partial charge in [-0.3, -0.25) is 4.79 Å². The number of carbonyl (C=O) groups is 1. The fraction of sp³-hybridized carbons (Fsp3) is 0.714. The maximum atomic E-state index is 11.9. The van der Waals surface area contributed by atoms with Crippen molar-refractivity contribution in [3.05, 3.63) is 15.6 Å². The van der Waals surface area contributed by atoms with Crippen LogP contribution in [-0.4, -0.2) is 28.1 Å². The number of hydrogen-bond donors (Lipinski definition) is 2.